The fourth-order valence-corrected chi connectivity index (χ4v) is 2.22. The van der Waals surface area contributed by atoms with Gasteiger partial charge in [0, 0.05) is 24.4 Å². The molecule has 0 radical (unpaired) electrons. The number of hydrogen-bond donors (Lipinski definition) is 3. The van der Waals surface area contributed by atoms with Gasteiger partial charge in [-0.2, -0.15) is 0 Å². The molecule has 1 saturated heterocycles. The first-order valence-electron chi connectivity index (χ1n) is 7.59. The predicted molar refractivity (Wildman–Crippen MR) is 80.3 cm³/mol. The molecule has 20 heavy (non-hydrogen) atoms. The number of amides is 2. The van der Waals surface area contributed by atoms with Crippen LogP contribution in [0.1, 0.15) is 47.0 Å². The summed E-state index contributed by atoms with van der Waals surface area (Å²) in [6, 6.07) is 0.285. The minimum atomic E-state index is -0.368. The lowest BCUT2D eigenvalue weighted by atomic mass is 9.95. The quantitative estimate of drug-likeness (QED) is 0.660. The zero-order chi connectivity index (χ0) is 15.2. The van der Waals surface area contributed by atoms with Crippen molar-refractivity contribution in [1.29, 1.82) is 0 Å². The van der Waals surface area contributed by atoms with E-state index < -0.39 is 0 Å². The lowest BCUT2D eigenvalue weighted by Crippen LogP contribution is -2.48. The topological polar surface area (TPSA) is 70.2 Å². The molecule has 0 aromatic carbocycles. The highest BCUT2D eigenvalue weighted by molar-refractivity contribution is 5.81. The molecule has 1 aliphatic heterocycles. The van der Waals surface area contributed by atoms with Gasteiger partial charge in [-0.1, -0.05) is 27.7 Å². The van der Waals surface area contributed by atoms with Gasteiger partial charge in [0.15, 0.2) is 0 Å². The highest BCUT2D eigenvalue weighted by atomic mass is 16.2. The van der Waals surface area contributed by atoms with Crippen molar-refractivity contribution in [3.05, 3.63) is 0 Å². The molecule has 0 spiro atoms. The van der Waals surface area contributed by atoms with E-state index in [-0.39, 0.29) is 23.3 Å². The molecule has 1 fully saturated rings. The molecular weight excluding hydrogens is 254 g/mol. The van der Waals surface area contributed by atoms with Crippen LogP contribution >= 0.6 is 0 Å². The van der Waals surface area contributed by atoms with Crippen LogP contribution in [0.25, 0.3) is 0 Å². The molecular formula is C15H29N3O2. The Morgan fingerprint density at radius 3 is 2.60 bits per heavy atom. The lowest BCUT2D eigenvalue weighted by molar-refractivity contribution is -0.128. The molecule has 0 aliphatic carbocycles. The second-order valence-corrected chi connectivity index (χ2v) is 6.75. The summed E-state index contributed by atoms with van der Waals surface area (Å²) in [5.41, 5.74) is -0.368. The summed E-state index contributed by atoms with van der Waals surface area (Å²) in [6.07, 6.45) is 2.15. The fraction of sp³-hybridized carbons (Fsp3) is 0.867. The molecule has 1 aliphatic rings. The van der Waals surface area contributed by atoms with Crippen LogP contribution in [0.4, 0.5) is 0 Å². The van der Waals surface area contributed by atoms with Crippen LogP contribution in [0.3, 0.4) is 0 Å². The molecule has 5 nitrogen and oxygen atoms in total. The summed E-state index contributed by atoms with van der Waals surface area (Å²) in [5.74, 6) is 0.604. The molecule has 0 saturated carbocycles. The average molecular weight is 283 g/mol. The van der Waals surface area contributed by atoms with Crippen LogP contribution in [0.15, 0.2) is 0 Å². The summed E-state index contributed by atoms with van der Waals surface area (Å²) < 4.78 is 0. The van der Waals surface area contributed by atoms with E-state index in [9.17, 15) is 9.59 Å². The molecule has 2 amide bonds. The largest absolute Gasteiger partial charge is 0.356 e. The predicted octanol–water partition coefficient (Wildman–Crippen LogP) is 1.04. The molecule has 116 valence electrons. The van der Waals surface area contributed by atoms with Gasteiger partial charge in [0.2, 0.25) is 11.8 Å². The number of rotatable bonds is 5. The second kappa shape index (κ2) is 7.62. The van der Waals surface area contributed by atoms with Crippen molar-refractivity contribution in [3.63, 3.8) is 0 Å². The monoisotopic (exact) mass is 283 g/mol. The Bertz CT molecular complexity index is 337. The van der Waals surface area contributed by atoms with Gasteiger partial charge < -0.3 is 16.0 Å². The third-order valence-electron chi connectivity index (χ3n) is 3.68. The molecule has 2 unspecified atom stereocenters. The average Bonchev–Trinajstić information content (AvgIpc) is 2.36. The Balaban J connectivity index is 2.16. The molecule has 2 atom stereocenters. The number of carbonyl (C=O) groups excluding carboxylic acids is 2. The van der Waals surface area contributed by atoms with Crippen LogP contribution < -0.4 is 16.0 Å². The van der Waals surface area contributed by atoms with E-state index in [1.807, 2.05) is 20.8 Å². The highest BCUT2D eigenvalue weighted by Crippen LogP contribution is 2.12. The molecule has 0 aromatic heterocycles. The van der Waals surface area contributed by atoms with E-state index in [1.54, 1.807) is 0 Å². The summed E-state index contributed by atoms with van der Waals surface area (Å²) in [6.45, 7) is 10.3. The zero-order valence-corrected chi connectivity index (χ0v) is 13.2. The Kier molecular flexibility index (Phi) is 6.46. The Labute approximate surface area is 122 Å². The lowest BCUT2D eigenvalue weighted by Gasteiger charge is -2.30. The minimum absolute atomic E-state index is 0.0323. The van der Waals surface area contributed by atoms with Crippen molar-refractivity contribution in [1.82, 2.24) is 16.0 Å². The highest BCUT2D eigenvalue weighted by Gasteiger charge is 2.23. The number of nitrogens with one attached hydrogen (secondary N) is 3. The van der Waals surface area contributed by atoms with Gasteiger partial charge in [0.05, 0.1) is 0 Å². The zero-order valence-electron chi connectivity index (χ0n) is 13.2. The summed E-state index contributed by atoms with van der Waals surface area (Å²) in [4.78, 5) is 23.5. The number of hydrogen-bond acceptors (Lipinski definition) is 3. The molecule has 3 N–H and O–H groups in total. The molecule has 1 rings (SSSR count). The first-order valence-corrected chi connectivity index (χ1v) is 7.59. The third kappa shape index (κ3) is 5.90. The first-order chi connectivity index (χ1) is 9.30. The van der Waals surface area contributed by atoms with Gasteiger partial charge in [-0.05, 0) is 31.8 Å². The Hall–Kier alpha value is -1.10. The van der Waals surface area contributed by atoms with Gasteiger partial charge in [0.1, 0.15) is 0 Å². The molecule has 5 heteroatoms. The van der Waals surface area contributed by atoms with E-state index in [4.69, 9.17) is 0 Å². The fourth-order valence-electron chi connectivity index (χ4n) is 2.22. The van der Waals surface area contributed by atoms with Crippen LogP contribution in [0.5, 0.6) is 0 Å². The van der Waals surface area contributed by atoms with Crippen LogP contribution in [-0.2, 0) is 9.59 Å². The first kappa shape index (κ1) is 17.0. The van der Waals surface area contributed by atoms with Gasteiger partial charge in [0.25, 0.3) is 0 Å². The molecule has 0 bridgehead atoms. The van der Waals surface area contributed by atoms with Gasteiger partial charge in [-0.15, -0.1) is 0 Å². The van der Waals surface area contributed by atoms with Crippen molar-refractivity contribution in [2.75, 3.05) is 19.6 Å². The van der Waals surface area contributed by atoms with Crippen LogP contribution in [0.2, 0.25) is 0 Å². The summed E-state index contributed by atoms with van der Waals surface area (Å²) in [7, 11) is 0. The van der Waals surface area contributed by atoms with Crippen LogP contribution in [0, 0.1) is 11.3 Å². The summed E-state index contributed by atoms with van der Waals surface area (Å²) >= 11 is 0. The van der Waals surface area contributed by atoms with Crippen molar-refractivity contribution in [3.8, 4) is 0 Å². The standard InChI is InChI=1S/C15H29N3O2/c1-11-10-16-9-7-12(11)18-13(19)6-5-8-17-14(20)15(2,3)4/h11-12,16H,5-10H2,1-4H3,(H,17,20)(H,18,19). The van der Waals surface area contributed by atoms with E-state index in [0.29, 0.717) is 25.3 Å². The number of carbonyl (C=O) groups is 2. The Morgan fingerprint density at radius 2 is 2.00 bits per heavy atom. The molecule has 1 heterocycles. The van der Waals surface area contributed by atoms with Gasteiger partial charge in [-0.25, -0.2) is 0 Å². The van der Waals surface area contributed by atoms with E-state index in [2.05, 4.69) is 22.9 Å². The van der Waals surface area contributed by atoms with Crippen LogP contribution in [-0.4, -0.2) is 37.5 Å². The van der Waals surface area contributed by atoms with Gasteiger partial charge in [-0.3, -0.25) is 9.59 Å². The van der Waals surface area contributed by atoms with Gasteiger partial charge >= 0.3 is 0 Å². The summed E-state index contributed by atoms with van der Waals surface area (Å²) in [5, 5.41) is 9.27. The Morgan fingerprint density at radius 1 is 1.30 bits per heavy atom. The SMILES string of the molecule is CC1CNCCC1NC(=O)CCCNC(=O)C(C)(C)C. The number of piperidine rings is 1. The maximum Gasteiger partial charge on any atom is 0.225 e. The van der Waals surface area contributed by atoms with Crippen molar-refractivity contribution >= 4 is 11.8 Å². The second-order valence-electron chi connectivity index (χ2n) is 6.75. The maximum atomic E-state index is 11.9. The van der Waals surface area contributed by atoms with E-state index in [0.717, 1.165) is 19.5 Å². The van der Waals surface area contributed by atoms with E-state index in [1.165, 1.54) is 0 Å². The molecule has 0 aromatic rings. The minimum Gasteiger partial charge on any atom is -0.356 e. The normalized spacial score (nSPS) is 23.2. The smallest absolute Gasteiger partial charge is 0.225 e. The van der Waals surface area contributed by atoms with Crippen molar-refractivity contribution in [2.45, 2.75) is 53.0 Å². The maximum absolute atomic E-state index is 11.9. The van der Waals surface area contributed by atoms with E-state index >= 15 is 0 Å². The van der Waals surface area contributed by atoms with Crippen molar-refractivity contribution in [2.24, 2.45) is 11.3 Å². The van der Waals surface area contributed by atoms with Crippen molar-refractivity contribution < 1.29 is 9.59 Å². The third-order valence-corrected chi connectivity index (χ3v) is 3.68.